The van der Waals surface area contributed by atoms with Gasteiger partial charge in [0.1, 0.15) is 5.82 Å². The van der Waals surface area contributed by atoms with Gasteiger partial charge in [0.15, 0.2) is 5.16 Å². The summed E-state index contributed by atoms with van der Waals surface area (Å²) in [5.41, 5.74) is 1.07. The summed E-state index contributed by atoms with van der Waals surface area (Å²) in [6.07, 6.45) is 4.68. The lowest BCUT2D eigenvalue weighted by Crippen LogP contribution is -2.04. The van der Waals surface area contributed by atoms with Gasteiger partial charge in [-0.25, -0.2) is 0 Å². The van der Waals surface area contributed by atoms with Gasteiger partial charge in [-0.2, -0.15) is 5.26 Å². The molecule has 0 N–H and O–H groups in total. The van der Waals surface area contributed by atoms with Gasteiger partial charge in [0.05, 0.1) is 12.0 Å². The van der Waals surface area contributed by atoms with Crippen LogP contribution in [-0.2, 0) is 13.0 Å². The maximum atomic E-state index is 9.39. The Morgan fingerprint density at radius 2 is 2.05 bits per heavy atom. The molecule has 0 saturated heterocycles. The van der Waals surface area contributed by atoms with Gasteiger partial charge in [-0.1, -0.05) is 48.5 Å². The molecule has 2 aromatic rings. The zero-order valence-corrected chi connectivity index (χ0v) is 12.7. The average Bonchev–Trinajstić information content (AvgIpc) is 2.77. The fourth-order valence-electron chi connectivity index (χ4n) is 2.62. The monoisotopic (exact) mass is 298 g/mol. The molecule has 1 unspecified atom stereocenters. The van der Waals surface area contributed by atoms with Crippen LogP contribution in [0.15, 0.2) is 35.5 Å². The molecule has 3 rings (SSSR count). The van der Waals surface area contributed by atoms with Crippen LogP contribution in [0.3, 0.4) is 0 Å². The highest BCUT2D eigenvalue weighted by atomic mass is 32.2. The Labute approximate surface area is 129 Å². The van der Waals surface area contributed by atoms with Crippen LogP contribution in [0.4, 0.5) is 0 Å². The highest BCUT2D eigenvalue weighted by Gasteiger charge is 2.17. The van der Waals surface area contributed by atoms with Gasteiger partial charge in [0, 0.05) is 18.7 Å². The fourth-order valence-corrected chi connectivity index (χ4v) is 3.65. The number of hydrogen-bond donors (Lipinski definition) is 0. The van der Waals surface area contributed by atoms with Crippen LogP contribution in [0.1, 0.15) is 36.6 Å². The van der Waals surface area contributed by atoms with Crippen LogP contribution in [0.5, 0.6) is 0 Å². The predicted octanol–water partition coefficient (Wildman–Crippen LogP) is 3.40. The number of rotatable bonds is 4. The average molecular weight is 298 g/mol. The minimum atomic E-state index is -0.102. The van der Waals surface area contributed by atoms with E-state index in [1.54, 1.807) is 11.8 Å². The zero-order valence-electron chi connectivity index (χ0n) is 11.9. The van der Waals surface area contributed by atoms with E-state index in [1.165, 1.54) is 19.3 Å². The van der Waals surface area contributed by atoms with Gasteiger partial charge in [0.2, 0.25) is 0 Å². The van der Waals surface area contributed by atoms with Crippen LogP contribution < -0.4 is 0 Å². The Balaban J connectivity index is 1.70. The quantitative estimate of drug-likeness (QED) is 0.812. The highest BCUT2D eigenvalue weighted by molar-refractivity contribution is 7.99. The second-order valence-corrected chi connectivity index (χ2v) is 6.25. The number of fused-ring (bicyclic) bond motifs is 1. The molecule has 2 heterocycles. The summed E-state index contributed by atoms with van der Waals surface area (Å²) in [5.74, 6) is 1.72. The van der Waals surface area contributed by atoms with Crippen LogP contribution in [0.25, 0.3) is 0 Å². The number of thioether (sulfide) groups is 1. The molecule has 0 aliphatic carbocycles. The van der Waals surface area contributed by atoms with E-state index in [-0.39, 0.29) is 5.92 Å². The van der Waals surface area contributed by atoms with Gasteiger partial charge >= 0.3 is 0 Å². The number of nitriles is 1. The maximum absolute atomic E-state index is 9.39. The Bertz CT molecular complexity index is 629. The number of benzene rings is 1. The molecule has 108 valence electrons. The molecule has 0 fully saturated rings. The summed E-state index contributed by atoms with van der Waals surface area (Å²) < 4.78 is 2.23. The first-order chi connectivity index (χ1) is 10.4. The third kappa shape index (κ3) is 3.27. The van der Waals surface area contributed by atoms with Gasteiger partial charge < -0.3 is 4.57 Å². The topological polar surface area (TPSA) is 54.5 Å². The van der Waals surface area contributed by atoms with Crippen molar-refractivity contribution in [2.75, 3.05) is 5.75 Å². The molecule has 5 heteroatoms. The molecule has 1 aliphatic rings. The van der Waals surface area contributed by atoms with Crippen molar-refractivity contribution in [1.82, 2.24) is 14.8 Å². The minimum absolute atomic E-state index is 0.102. The largest absolute Gasteiger partial charge is 0.306 e. The van der Waals surface area contributed by atoms with E-state index in [0.717, 1.165) is 35.3 Å². The van der Waals surface area contributed by atoms with Crippen LogP contribution in [-0.4, -0.2) is 20.5 Å². The SMILES string of the molecule is N#CC(CSc1nnc2n1CCCCC2)c1ccccc1. The lowest BCUT2D eigenvalue weighted by Gasteiger charge is -2.10. The lowest BCUT2D eigenvalue weighted by molar-refractivity contribution is 0.591. The van der Waals surface area contributed by atoms with E-state index < -0.39 is 0 Å². The lowest BCUT2D eigenvalue weighted by atomic mass is 10.0. The fraction of sp³-hybridized carbons (Fsp3) is 0.438. The molecule has 0 radical (unpaired) electrons. The Morgan fingerprint density at radius 1 is 1.19 bits per heavy atom. The molecule has 0 saturated carbocycles. The first kappa shape index (κ1) is 14.2. The van der Waals surface area contributed by atoms with Gasteiger partial charge in [0.25, 0.3) is 0 Å². The molecule has 21 heavy (non-hydrogen) atoms. The first-order valence-corrected chi connectivity index (χ1v) is 8.36. The standard InChI is InChI=1S/C16H18N4S/c17-11-14(13-7-3-1-4-8-13)12-21-16-19-18-15-9-5-2-6-10-20(15)16/h1,3-4,7-8,14H,2,5-6,9-10,12H2. The van der Waals surface area contributed by atoms with Crippen molar-refractivity contribution in [3.8, 4) is 6.07 Å². The highest BCUT2D eigenvalue weighted by Crippen LogP contribution is 2.27. The summed E-state index contributed by atoms with van der Waals surface area (Å²) >= 11 is 1.65. The zero-order chi connectivity index (χ0) is 14.5. The molecule has 4 nitrogen and oxygen atoms in total. The van der Waals surface area contributed by atoms with Gasteiger partial charge in [-0.15, -0.1) is 10.2 Å². The first-order valence-electron chi connectivity index (χ1n) is 7.38. The van der Waals surface area contributed by atoms with Crippen molar-refractivity contribution in [1.29, 1.82) is 5.26 Å². The summed E-state index contributed by atoms with van der Waals surface area (Å²) in [5, 5.41) is 19.0. The van der Waals surface area contributed by atoms with E-state index >= 15 is 0 Å². The van der Waals surface area contributed by atoms with E-state index in [4.69, 9.17) is 0 Å². The van der Waals surface area contributed by atoms with Crippen molar-refractivity contribution in [2.45, 2.75) is 43.3 Å². The summed E-state index contributed by atoms with van der Waals surface area (Å²) in [6, 6.07) is 12.4. The van der Waals surface area contributed by atoms with E-state index in [2.05, 4.69) is 20.8 Å². The molecule has 1 aromatic heterocycles. The minimum Gasteiger partial charge on any atom is -0.306 e. The molecular weight excluding hydrogens is 280 g/mol. The molecular formula is C16H18N4S. The molecule has 0 bridgehead atoms. The Morgan fingerprint density at radius 3 is 2.86 bits per heavy atom. The molecule has 1 aromatic carbocycles. The summed E-state index contributed by atoms with van der Waals surface area (Å²) in [6.45, 7) is 1.01. The van der Waals surface area contributed by atoms with Gasteiger partial charge in [-0.3, -0.25) is 0 Å². The second-order valence-electron chi connectivity index (χ2n) is 5.26. The normalized spacial score (nSPS) is 15.8. The Hall–Kier alpha value is -1.80. The van der Waals surface area contributed by atoms with Crippen LogP contribution in [0, 0.1) is 11.3 Å². The van der Waals surface area contributed by atoms with Crippen molar-refractivity contribution in [2.24, 2.45) is 0 Å². The van der Waals surface area contributed by atoms with E-state index in [9.17, 15) is 5.26 Å². The van der Waals surface area contributed by atoms with Crippen LogP contribution in [0.2, 0.25) is 0 Å². The van der Waals surface area contributed by atoms with Crippen molar-refractivity contribution < 1.29 is 0 Å². The number of nitrogens with zero attached hydrogens (tertiary/aromatic N) is 4. The smallest absolute Gasteiger partial charge is 0.191 e. The van der Waals surface area contributed by atoms with Crippen molar-refractivity contribution >= 4 is 11.8 Å². The number of aromatic nitrogens is 3. The van der Waals surface area contributed by atoms with E-state index in [0.29, 0.717) is 0 Å². The van der Waals surface area contributed by atoms with Crippen LogP contribution >= 0.6 is 11.8 Å². The predicted molar refractivity (Wildman–Crippen MR) is 83.1 cm³/mol. The molecule has 1 aliphatic heterocycles. The molecule has 0 spiro atoms. The van der Waals surface area contributed by atoms with Crippen molar-refractivity contribution in [3.05, 3.63) is 41.7 Å². The number of hydrogen-bond acceptors (Lipinski definition) is 4. The van der Waals surface area contributed by atoms with E-state index in [1.807, 2.05) is 30.3 Å². The third-order valence-electron chi connectivity index (χ3n) is 3.81. The molecule has 0 amide bonds. The number of aryl methyl sites for hydroxylation is 1. The Kier molecular flexibility index (Phi) is 4.56. The summed E-state index contributed by atoms with van der Waals surface area (Å²) in [7, 11) is 0. The van der Waals surface area contributed by atoms with Gasteiger partial charge in [-0.05, 0) is 18.4 Å². The molecule has 1 atom stereocenters. The third-order valence-corrected chi connectivity index (χ3v) is 4.87. The maximum Gasteiger partial charge on any atom is 0.191 e. The second kappa shape index (κ2) is 6.77. The van der Waals surface area contributed by atoms with Crippen molar-refractivity contribution in [3.63, 3.8) is 0 Å². The summed E-state index contributed by atoms with van der Waals surface area (Å²) in [4.78, 5) is 0.